The monoisotopic (exact) mass is 1120 g/mol. The molecule has 392 valence electrons. The number of azo groups is 1. The van der Waals surface area contributed by atoms with Crippen molar-refractivity contribution in [1.82, 2.24) is 13.9 Å². The van der Waals surface area contributed by atoms with Crippen molar-refractivity contribution in [1.29, 1.82) is 0 Å². The number of ketones is 1. The number of Topliss-reactive ketones (excluding diaryl/α,β-unsaturated/α-hetero) is 1. The summed E-state index contributed by atoms with van der Waals surface area (Å²) >= 11 is 6.76. The summed E-state index contributed by atoms with van der Waals surface area (Å²) < 4.78 is 54.0. The number of unbranched alkanes of at least 4 members (excludes halogenated alkanes) is 3. The minimum atomic E-state index is -5.03. The van der Waals surface area contributed by atoms with E-state index in [1.807, 2.05) is 6.92 Å². The molecule has 0 spiro atoms. The quantitative estimate of drug-likeness (QED) is 0.00702. The van der Waals surface area contributed by atoms with Gasteiger partial charge in [0, 0.05) is 24.9 Å². The normalized spacial score (nSPS) is 12.1. The molecule has 0 fully saturated rings. The fraction of sp³-hybridized carbons (Fsp3) is 0.306. The van der Waals surface area contributed by atoms with Crippen LogP contribution in [0.25, 0.3) is 10.8 Å². The zero-order valence-electron chi connectivity index (χ0n) is 42.3. The van der Waals surface area contributed by atoms with E-state index in [-0.39, 0.29) is 157 Å². The van der Waals surface area contributed by atoms with Crippen LogP contribution >= 0.6 is 23.6 Å². The summed E-state index contributed by atoms with van der Waals surface area (Å²) in [6.07, 6.45) is 6.08. The van der Waals surface area contributed by atoms with Gasteiger partial charge in [0.05, 0.1) is 62.6 Å². The van der Waals surface area contributed by atoms with Crippen LogP contribution in [0.1, 0.15) is 86.1 Å². The van der Waals surface area contributed by atoms with Crippen molar-refractivity contribution in [2.45, 2.75) is 81.7 Å². The second kappa shape index (κ2) is 29.5. The standard InChI is InChI=1S/C49H52ClN7O15S2.2Na/c1-5-7-8-10-13-30(6-2)28-70-47(62)32-16-21-37(50)38(25-32)52-46(61)43(44(59)31-14-11-9-12-15-31)57-48(63)55(4)56(49(57)64)22-23-69-35-19-17-34(18-20-35)53-54-42-40(73-72-71-65)26-33-24-36(74(66,67)68)27-39(51-29(3)58)41(33)45(42)60;;/h9,11-12,14-21,24-27,30,43,60,65H,5-8,10,13,22-23,28H2,1-4H3,(H,51,58)(H,52,61)(H,66,67,68);;/q;2*+1/p-2. The van der Waals surface area contributed by atoms with E-state index in [4.69, 9.17) is 21.1 Å². The molecule has 1 aromatic heterocycles. The molecule has 6 rings (SSSR count). The molecule has 2 unspecified atom stereocenters. The van der Waals surface area contributed by atoms with Crippen molar-refractivity contribution in [2.75, 3.05) is 23.8 Å². The first kappa shape index (κ1) is 63.3. The molecule has 2 atom stereocenters. The summed E-state index contributed by atoms with van der Waals surface area (Å²) in [6, 6.07) is 18.5. The molecule has 5 aromatic carbocycles. The first-order valence-electron chi connectivity index (χ1n) is 23.0. The third kappa shape index (κ3) is 16.2. The van der Waals surface area contributed by atoms with E-state index >= 15 is 0 Å². The summed E-state index contributed by atoms with van der Waals surface area (Å²) in [6.45, 7) is 5.02. The molecule has 0 saturated heterocycles. The molecule has 27 heteroatoms. The predicted molar refractivity (Wildman–Crippen MR) is 269 cm³/mol. The molecule has 2 amide bonds. The van der Waals surface area contributed by atoms with E-state index in [2.05, 4.69) is 37.2 Å². The van der Waals surface area contributed by atoms with Gasteiger partial charge in [-0.2, -0.15) is 9.45 Å². The summed E-state index contributed by atoms with van der Waals surface area (Å²) in [7, 11) is -3.76. The first-order chi connectivity index (χ1) is 35.4. The molecule has 6 aromatic rings. The molecular formula is C49H50ClN7Na2O15S2. The number of esters is 1. The Labute approximate surface area is 489 Å². The van der Waals surface area contributed by atoms with Crippen LogP contribution in [0.2, 0.25) is 5.02 Å². The number of aromatic hydroxyl groups is 1. The van der Waals surface area contributed by atoms with Crippen molar-refractivity contribution in [3.8, 4) is 11.5 Å². The van der Waals surface area contributed by atoms with E-state index in [9.17, 15) is 52.1 Å². The van der Waals surface area contributed by atoms with E-state index in [0.717, 1.165) is 66.9 Å². The largest absolute Gasteiger partial charge is 1.00 e. The Balaban J connectivity index is 0.00000624. The van der Waals surface area contributed by atoms with Crippen molar-refractivity contribution in [2.24, 2.45) is 23.2 Å². The van der Waals surface area contributed by atoms with Crippen molar-refractivity contribution < 1.29 is 120 Å². The summed E-state index contributed by atoms with van der Waals surface area (Å²) in [5.41, 5.74) is -2.36. The Morgan fingerprint density at radius 3 is 2.22 bits per heavy atom. The van der Waals surface area contributed by atoms with Crippen LogP contribution < -0.4 is 91.1 Å². The number of amides is 2. The molecule has 0 radical (unpaired) electrons. The summed E-state index contributed by atoms with van der Waals surface area (Å²) in [5.74, 6) is -3.51. The minimum absolute atomic E-state index is 0. The molecule has 0 aliphatic carbocycles. The number of nitrogens with one attached hydrogen (secondary N) is 2. The average molecular weight is 1120 g/mol. The molecule has 0 aliphatic rings. The van der Waals surface area contributed by atoms with E-state index < -0.39 is 61.8 Å². The third-order valence-corrected chi connectivity index (χ3v) is 13.3. The molecule has 0 saturated carbocycles. The number of halogens is 1. The smallest absolute Gasteiger partial charge is 0.744 e. The van der Waals surface area contributed by atoms with Crippen LogP contribution in [-0.4, -0.2) is 68.8 Å². The van der Waals surface area contributed by atoms with Gasteiger partial charge in [-0.25, -0.2) is 36.7 Å². The van der Waals surface area contributed by atoms with Gasteiger partial charge in [-0.15, -0.1) is 5.11 Å². The van der Waals surface area contributed by atoms with E-state index in [1.165, 1.54) is 67.7 Å². The van der Waals surface area contributed by atoms with Gasteiger partial charge in [0.1, 0.15) is 28.2 Å². The van der Waals surface area contributed by atoms with Crippen molar-refractivity contribution >= 4 is 90.9 Å². The SMILES string of the molecule is CCCCCCC(CC)COC(=O)c1ccc(Cl)c(NC(=O)C(C(=O)c2ccccc2)n2c(=O)n(C)n(CCOc3ccc(N=Nc4c(SOO[O-])cc5cc(S(=O)(=O)[O-])cc(NC(C)=O)c5c4O)cc3)c2=O)c1.[Na+].[Na+]. The Hall–Kier alpha value is -5.19. The maximum Gasteiger partial charge on any atom is 1.00 e. The topological polar surface area (TPSA) is 303 Å². The number of carbonyl (C=O) groups is 4. The Morgan fingerprint density at radius 1 is 0.868 bits per heavy atom. The Morgan fingerprint density at radius 2 is 1.58 bits per heavy atom. The molecule has 0 bridgehead atoms. The number of nitrogens with zero attached hydrogens (tertiary/aromatic N) is 5. The number of anilines is 2. The van der Waals surface area contributed by atoms with Crippen molar-refractivity contribution in [3.05, 3.63) is 128 Å². The maximum absolute atomic E-state index is 14.2. The molecular weight excluding hydrogens is 1070 g/mol. The van der Waals surface area contributed by atoms with Crippen LogP contribution in [0, 0.1) is 5.92 Å². The van der Waals surface area contributed by atoms with Crippen LogP contribution in [0.5, 0.6) is 11.5 Å². The second-order valence-corrected chi connectivity index (χ2v) is 19.2. The maximum atomic E-state index is 14.2. The molecule has 3 N–H and O–H groups in total. The van der Waals surface area contributed by atoms with Gasteiger partial charge in [0.15, 0.2) is 17.6 Å². The van der Waals surface area contributed by atoms with Gasteiger partial charge in [-0.1, -0.05) is 87.9 Å². The molecule has 22 nitrogen and oxygen atoms in total. The van der Waals surface area contributed by atoms with Gasteiger partial charge in [-0.05, 0) is 78.4 Å². The van der Waals surface area contributed by atoms with E-state index in [1.54, 1.807) is 18.2 Å². The Kier molecular flexibility index (Phi) is 24.6. The number of phenolic OH excluding ortho intramolecular Hbond substituents is 1. The van der Waals surface area contributed by atoms with E-state index in [0.29, 0.717) is 4.57 Å². The number of fused-ring (bicyclic) bond motifs is 1. The number of ether oxygens (including phenoxy) is 2. The van der Waals surface area contributed by atoms with Crippen LogP contribution in [0.15, 0.2) is 121 Å². The minimum Gasteiger partial charge on any atom is -0.744 e. The van der Waals surface area contributed by atoms with Gasteiger partial charge in [0.2, 0.25) is 5.91 Å². The fourth-order valence-electron chi connectivity index (χ4n) is 7.73. The number of hydrogen-bond donors (Lipinski definition) is 3. The summed E-state index contributed by atoms with van der Waals surface area (Å²) in [4.78, 5) is 80.6. The number of hydrogen-bond acceptors (Lipinski definition) is 18. The third-order valence-electron chi connectivity index (χ3n) is 11.6. The van der Waals surface area contributed by atoms with Gasteiger partial charge >= 0.3 is 76.5 Å². The van der Waals surface area contributed by atoms with Crippen LogP contribution in [0.4, 0.5) is 22.7 Å². The van der Waals surface area contributed by atoms with Crippen LogP contribution in [-0.2, 0) is 47.4 Å². The fourth-order valence-corrected chi connectivity index (χ4v) is 8.93. The van der Waals surface area contributed by atoms with Crippen LogP contribution in [0.3, 0.4) is 0 Å². The zero-order valence-corrected chi connectivity index (χ0v) is 48.7. The second-order valence-electron chi connectivity index (χ2n) is 16.7. The molecule has 0 aliphatic heterocycles. The number of carbonyl (C=O) groups excluding carboxylic acids is 4. The zero-order chi connectivity index (χ0) is 53.7. The Bertz CT molecular complexity index is 3300. The molecule has 1 heterocycles. The van der Waals surface area contributed by atoms with Gasteiger partial charge in [0.25, 0.3) is 5.91 Å². The predicted octanol–water partition coefficient (Wildman–Crippen LogP) is 1.67. The number of benzene rings is 5. The number of aromatic nitrogens is 3. The molecule has 76 heavy (non-hydrogen) atoms. The number of phenols is 1. The van der Waals surface area contributed by atoms with Gasteiger partial charge < -0.3 is 35.0 Å². The first-order valence-corrected chi connectivity index (χ1v) is 25.5. The summed E-state index contributed by atoms with van der Waals surface area (Å²) in [5, 5.41) is 38.4. The average Bonchev–Trinajstić information content (AvgIpc) is 3.57. The number of rotatable bonds is 25. The van der Waals surface area contributed by atoms with Crippen molar-refractivity contribution in [3.63, 3.8) is 0 Å². The van der Waals surface area contributed by atoms with Gasteiger partial charge in [-0.3, -0.25) is 19.4 Å².